The second-order valence-corrected chi connectivity index (χ2v) is 5.60. The van der Waals surface area contributed by atoms with Gasteiger partial charge in [-0.1, -0.05) is 0 Å². The van der Waals surface area contributed by atoms with Crippen LogP contribution in [-0.2, 0) is 0 Å². The molecule has 104 valence electrons. The number of anilines is 2. The Morgan fingerprint density at radius 2 is 2.16 bits per heavy atom. The van der Waals surface area contributed by atoms with Crippen LogP contribution >= 0.6 is 0 Å². The van der Waals surface area contributed by atoms with Gasteiger partial charge in [0.1, 0.15) is 18.0 Å². The summed E-state index contributed by atoms with van der Waals surface area (Å²) >= 11 is 0. The van der Waals surface area contributed by atoms with Crippen LogP contribution in [0.2, 0.25) is 0 Å². The molecule has 2 aliphatic rings. The van der Waals surface area contributed by atoms with Crippen molar-refractivity contribution in [1.29, 1.82) is 0 Å². The fourth-order valence-electron chi connectivity index (χ4n) is 2.81. The van der Waals surface area contributed by atoms with E-state index in [1.54, 1.807) is 6.33 Å². The summed E-state index contributed by atoms with van der Waals surface area (Å²) in [7, 11) is 0. The maximum atomic E-state index is 5.73. The van der Waals surface area contributed by atoms with Crippen LogP contribution in [-0.4, -0.2) is 35.1 Å². The summed E-state index contributed by atoms with van der Waals surface area (Å²) in [5.74, 6) is 2.01. The van der Waals surface area contributed by atoms with Gasteiger partial charge in [-0.25, -0.2) is 9.97 Å². The number of hydrogen-bond donors (Lipinski definition) is 2. The van der Waals surface area contributed by atoms with Gasteiger partial charge >= 0.3 is 0 Å². The smallest absolute Gasteiger partial charge is 0.134 e. The topological polar surface area (TPSA) is 67.1 Å². The Morgan fingerprint density at radius 3 is 2.95 bits per heavy atom. The van der Waals surface area contributed by atoms with Crippen LogP contribution < -0.4 is 16.0 Å². The average Bonchev–Trinajstić information content (AvgIpc) is 3.24. The van der Waals surface area contributed by atoms with Gasteiger partial charge in [-0.05, 0) is 45.1 Å². The number of aromatic nitrogens is 2. The van der Waals surface area contributed by atoms with Crippen LogP contribution in [0.5, 0.6) is 0 Å². The molecular formula is C14H23N5. The third-order valence-electron chi connectivity index (χ3n) is 4.00. The van der Waals surface area contributed by atoms with Crippen LogP contribution in [0.3, 0.4) is 0 Å². The average molecular weight is 261 g/mol. The van der Waals surface area contributed by atoms with Gasteiger partial charge in [0.05, 0.1) is 0 Å². The van der Waals surface area contributed by atoms with E-state index in [2.05, 4.69) is 26.3 Å². The molecule has 1 aromatic rings. The van der Waals surface area contributed by atoms with Crippen molar-refractivity contribution in [2.75, 3.05) is 23.3 Å². The van der Waals surface area contributed by atoms with Crippen LogP contribution in [0.25, 0.3) is 0 Å². The van der Waals surface area contributed by atoms with E-state index in [1.165, 1.54) is 32.1 Å². The zero-order valence-electron chi connectivity index (χ0n) is 11.4. The normalized spacial score (nSPS) is 23.4. The Bertz CT molecular complexity index is 416. The second kappa shape index (κ2) is 5.74. The largest absolute Gasteiger partial charge is 0.367 e. The lowest BCUT2D eigenvalue weighted by Gasteiger charge is -2.36. The predicted octanol–water partition coefficient (Wildman–Crippen LogP) is 1.76. The van der Waals surface area contributed by atoms with E-state index in [0.29, 0.717) is 12.1 Å². The standard InChI is InChI=1S/C14H23N5/c15-7-6-12-3-1-2-8-19(12)14-9-13(16-10-17-14)18-11-4-5-11/h9-12H,1-8,15H2,(H,16,17,18). The summed E-state index contributed by atoms with van der Waals surface area (Å²) in [6.07, 6.45) is 9.03. The van der Waals surface area contributed by atoms with Crippen LogP contribution in [0, 0.1) is 0 Å². The molecule has 2 fully saturated rings. The second-order valence-electron chi connectivity index (χ2n) is 5.60. The molecule has 19 heavy (non-hydrogen) atoms. The maximum absolute atomic E-state index is 5.73. The molecule has 0 amide bonds. The third kappa shape index (κ3) is 3.15. The Kier molecular flexibility index (Phi) is 3.82. The van der Waals surface area contributed by atoms with Crippen molar-refractivity contribution in [2.45, 2.75) is 50.6 Å². The summed E-state index contributed by atoms with van der Waals surface area (Å²) in [4.78, 5) is 11.2. The Hall–Kier alpha value is -1.36. The molecule has 2 heterocycles. The molecular weight excluding hydrogens is 238 g/mol. The van der Waals surface area contributed by atoms with E-state index >= 15 is 0 Å². The SMILES string of the molecule is NCCC1CCCCN1c1cc(NC2CC2)ncn1. The van der Waals surface area contributed by atoms with Crippen LogP contribution in [0.1, 0.15) is 38.5 Å². The molecule has 1 saturated heterocycles. The quantitative estimate of drug-likeness (QED) is 0.845. The van der Waals surface area contributed by atoms with Crippen molar-refractivity contribution >= 4 is 11.6 Å². The van der Waals surface area contributed by atoms with Crippen LogP contribution in [0.15, 0.2) is 12.4 Å². The van der Waals surface area contributed by atoms with E-state index in [0.717, 1.165) is 31.1 Å². The molecule has 3 N–H and O–H groups in total. The number of piperidine rings is 1. The zero-order valence-corrected chi connectivity index (χ0v) is 11.4. The highest BCUT2D eigenvalue weighted by molar-refractivity contribution is 5.50. The van der Waals surface area contributed by atoms with Gasteiger partial charge in [0.15, 0.2) is 0 Å². The van der Waals surface area contributed by atoms with Crippen molar-refractivity contribution in [1.82, 2.24) is 9.97 Å². The van der Waals surface area contributed by atoms with Gasteiger partial charge in [-0.2, -0.15) is 0 Å². The number of rotatable bonds is 5. The van der Waals surface area contributed by atoms with Gasteiger partial charge in [-0.15, -0.1) is 0 Å². The molecule has 5 nitrogen and oxygen atoms in total. The molecule has 1 aromatic heterocycles. The minimum atomic E-state index is 0.544. The lowest BCUT2D eigenvalue weighted by molar-refractivity contribution is 0.438. The van der Waals surface area contributed by atoms with Gasteiger partial charge < -0.3 is 16.0 Å². The summed E-state index contributed by atoms with van der Waals surface area (Å²) in [6, 6.07) is 3.26. The molecule has 1 unspecified atom stereocenters. The zero-order chi connectivity index (χ0) is 13.1. The highest BCUT2D eigenvalue weighted by Gasteiger charge is 2.24. The van der Waals surface area contributed by atoms with Gasteiger partial charge in [0.2, 0.25) is 0 Å². The Balaban J connectivity index is 1.74. The molecule has 3 rings (SSSR count). The first-order chi connectivity index (χ1) is 9.36. The number of nitrogens with one attached hydrogen (secondary N) is 1. The molecule has 0 bridgehead atoms. The minimum Gasteiger partial charge on any atom is -0.367 e. The van der Waals surface area contributed by atoms with Gasteiger partial charge in [-0.3, -0.25) is 0 Å². The van der Waals surface area contributed by atoms with E-state index in [9.17, 15) is 0 Å². The Labute approximate surface area is 114 Å². The number of hydrogen-bond acceptors (Lipinski definition) is 5. The highest BCUT2D eigenvalue weighted by atomic mass is 15.2. The third-order valence-corrected chi connectivity index (χ3v) is 4.00. The van der Waals surface area contributed by atoms with E-state index in [1.807, 2.05) is 0 Å². The lowest BCUT2D eigenvalue weighted by Crippen LogP contribution is -2.41. The monoisotopic (exact) mass is 261 g/mol. The molecule has 5 heteroatoms. The molecule has 0 spiro atoms. The predicted molar refractivity (Wildman–Crippen MR) is 77.3 cm³/mol. The first-order valence-corrected chi connectivity index (χ1v) is 7.42. The van der Waals surface area contributed by atoms with Crippen molar-refractivity contribution < 1.29 is 0 Å². The van der Waals surface area contributed by atoms with E-state index in [-0.39, 0.29) is 0 Å². The first-order valence-electron chi connectivity index (χ1n) is 7.42. The Morgan fingerprint density at radius 1 is 1.26 bits per heavy atom. The fraction of sp³-hybridized carbons (Fsp3) is 0.714. The minimum absolute atomic E-state index is 0.544. The molecule has 1 aliphatic carbocycles. The maximum Gasteiger partial charge on any atom is 0.134 e. The van der Waals surface area contributed by atoms with Gasteiger partial charge in [0, 0.05) is 24.7 Å². The molecule has 1 aliphatic heterocycles. The molecule has 1 saturated carbocycles. The van der Waals surface area contributed by atoms with E-state index in [4.69, 9.17) is 5.73 Å². The number of nitrogens with zero attached hydrogens (tertiary/aromatic N) is 3. The molecule has 1 atom stereocenters. The van der Waals surface area contributed by atoms with Crippen molar-refractivity contribution in [3.05, 3.63) is 12.4 Å². The fourth-order valence-corrected chi connectivity index (χ4v) is 2.81. The highest BCUT2D eigenvalue weighted by Crippen LogP contribution is 2.28. The van der Waals surface area contributed by atoms with Crippen molar-refractivity contribution in [3.8, 4) is 0 Å². The lowest BCUT2D eigenvalue weighted by atomic mass is 9.99. The van der Waals surface area contributed by atoms with Gasteiger partial charge in [0.25, 0.3) is 0 Å². The summed E-state index contributed by atoms with van der Waals surface area (Å²) in [6.45, 7) is 1.84. The summed E-state index contributed by atoms with van der Waals surface area (Å²) in [5, 5.41) is 3.44. The van der Waals surface area contributed by atoms with Crippen LogP contribution in [0.4, 0.5) is 11.6 Å². The summed E-state index contributed by atoms with van der Waals surface area (Å²) in [5.41, 5.74) is 5.73. The molecule has 0 aromatic carbocycles. The molecule has 0 radical (unpaired) electrons. The first kappa shape index (κ1) is 12.7. The van der Waals surface area contributed by atoms with E-state index < -0.39 is 0 Å². The number of nitrogens with two attached hydrogens (primary N) is 1. The van der Waals surface area contributed by atoms with Crippen molar-refractivity contribution in [3.63, 3.8) is 0 Å². The summed E-state index contributed by atoms with van der Waals surface area (Å²) < 4.78 is 0. The van der Waals surface area contributed by atoms with Crippen molar-refractivity contribution in [2.24, 2.45) is 5.73 Å².